The van der Waals surface area contributed by atoms with Gasteiger partial charge in [0, 0.05) is 12.3 Å². The number of carboxylic acids is 1. The third-order valence-corrected chi connectivity index (χ3v) is 1.49. The molecule has 1 aromatic heterocycles. The molecule has 64 valence electrons. The first-order valence-corrected chi connectivity index (χ1v) is 3.45. The van der Waals surface area contributed by atoms with Crippen LogP contribution in [0.2, 0.25) is 5.15 Å². The normalized spacial score (nSPS) is 9.50. The third kappa shape index (κ3) is 1.65. The van der Waals surface area contributed by atoms with Crippen molar-refractivity contribution in [1.82, 2.24) is 4.98 Å². The van der Waals surface area contributed by atoms with Crippen LogP contribution in [0.15, 0.2) is 12.3 Å². The van der Waals surface area contributed by atoms with Crippen LogP contribution in [0, 0.1) is 0 Å². The Morgan fingerprint density at radius 3 is 2.92 bits per heavy atom. The summed E-state index contributed by atoms with van der Waals surface area (Å²) in [5, 5.41) is 8.83. The summed E-state index contributed by atoms with van der Waals surface area (Å²) in [6.45, 7) is 0. The van der Waals surface area contributed by atoms with Crippen LogP contribution in [-0.4, -0.2) is 23.2 Å². The molecule has 0 unspecified atom stereocenters. The van der Waals surface area contributed by atoms with Crippen LogP contribution >= 0.6 is 11.6 Å². The summed E-state index contributed by atoms with van der Waals surface area (Å²) in [5.41, 5.74) is 0.00176. The van der Waals surface area contributed by atoms with Gasteiger partial charge in [-0.25, -0.2) is 9.78 Å². The Kier molecular flexibility index (Phi) is 2.50. The second-order valence-corrected chi connectivity index (χ2v) is 2.40. The van der Waals surface area contributed by atoms with Crippen molar-refractivity contribution in [1.29, 1.82) is 0 Å². The average molecular weight is 188 g/mol. The van der Waals surface area contributed by atoms with E-state index in [0.29, 0.717) is 0 Å². The molecule has 5 heteroatoms. The fraction of sp³-hybridized carbons (Fsp3) is 0.143. The molecule has 1 N–H and O–H groups in total. The van der Waals surface area contributed by atoms with Crippen molar-refractivity contribution in [2.24, 2.45) is 0 Å². The number of halogens is 1. The molecular weight excluding hydrogens is 182 g/mol. The molecule has 0 fully saturated rings. The summed E-state index contributed by atoms with van der Waals surface area (Å²) in [6.07, 6.45) is 1.16. The molecule has 4 nitrogen and oxygen atoms in total. The van der Waals surface area contributed by atoms with E-state index in [0.717, 1.165) is 6.20 Å². The summed E-state index contributed by atoms with van der Waals surface area (Å²) >= 11 is 5.52. The first kappa shape index (κ1) is 8.80. The first-order valence-electron chi connectivity index (χ1n) is 3.08. The summed E-state index contributed by atoms with van der Waals surface area (Å²) < 4.78 is 4.78. The molecule has 0 aromatic carbocycles. The molecule has 0 aliphatic rings. The SMILES string of the molecule is COc1cc(Cl)ncc1C(=O)O. The van der Waals surface area contributed by atoms with Crippen molar-refractivity contribution in [3.8, 4) is 5.75 Å². The highest BCUT2D eigenvalue weighted by Crippen LogP contribution is 2.20. The van der Waals surface area contributed by atoms with Gasteiger partial charge in [0.15, 0.2) is 0 Å². The van der Waals surface area contributed by atoms with Crippen molar-refractivity contribution >= 4 is 17.6 Å². The molecule has 0 radical (unpaired) electrons. The lowest BCUT2D eigenvalue weighted by Gasteiger charge is -2.02. The molecule has 1 rings (SSSR count). The maximum atomic E-state index is 10.5. The quantitative estimate of drug-likeness (QED) is 0.712. The number of nitrogens with zero attached hydrogens (tertiary/aromatic N) is 1. The number of hydrogen-bond acceptors (Lipinski definition) is 3. The molecule has 1 heterocycles. The van der Waals surface area contributed by atoms with E-state index in [4.69, 9.17) is 21.4 Å². The van der Waals surface area contributed by atoms with Gasteiger partial charge < -0.3 is 9.84 Å². The van der Waals surface area contributed by atoms with Crippen LogP contribution in [0.25, 0.3) is 0 Å². The maximum absolute atomic E-state index is 10.5. The number of aromatic carboxylic acids is 1. The number of methoxy groups -OCH3 is 1. The van der Waals surface area contributed by atoms with E-state index in [9.17, 15) is 4.79 Å². The Morgan fingerprint density at radius 2 is 2.42 bits per heavy atom. The van der Waals surface area contributed by atoms with Crippen molar-refractivity contribution in [2.45, 2.75) is 0 Å². The van der Waals surface area contributed by atoms with E-state index in [1.807, 2.05) is 0 Å². The number of rotatable bonds is 2. The van der Waals surface area contributed by atoms with E-state index in [1.165, 1.54) is 13.2 Å². The second kappa shape index (κ2) is 3.40. The standard InChI is InChI=1S/C7H6ClNO3/c1-12-5-2-6(8)9-3-4(5)7(10)11/h2-3H,1H3,(H,10,11). The first-order chi connectivity index (χ1) is 5.65. The van der Waals surface area contributed by atoms with Gasteiger partial charge in [0.1, 0.15) is 16.5 Å². The zero-order chi connectivity index (χ0) is 9.14. The zero-order valence-corrected chi connectivity index (χ0v) is 7.00. The predicted octanol–water partition coefficient (Wildman–Crippen LogP) is 1.44. The number of aromatic nitrogens is 1. The number of carboxylic acid groups (broad SMARTS) is 1. The van der Waals surface area contributed by atoms with Gasteiger partial charge >= 0.3 is 5.97 Å². The van der Waals surface area contributed by atoms with E-state index in [2.05, 4.69) is 4.98 Å². The lowest BCUT2D eigenvalue weighted by Crippen LogP contribution is -2.01. The molecular formula is C7H6ClNO3. The van der Waals surface area contributed by atoms with Crippen LogP contribution in [0.1, 0.15) is 10.4 Å². The molecule has 0 aliphatic carbocycles. The molecule has 1 aromatic rings. The van der Waals surface area contributed by atoms with Gasteiger partial charge in [-0.1, -0.05) is 11.6 Å². The van der Waals surface area contributed by atoms with Gasteiger partial charge in [0.25, 0.3) is 0 Å². The topological polar surface area (TPSA) is 59.4 Å². The molecule has 0 saturated heterocycles. The fourth-order valence-corrected chi connectivity index (χ4v) is 0.890. The third-order valence-electron chi connectivity index (χ3n) is 1.28. The average Bonchev–Trinajstić information content (AvgIpc) is 2.03. The van der Waals surface area contributed by atoms with Crippen molar-refractivity contribution in [2.75, 3.05) is 7.11 Å². The monoisotopic (exact) mass is 187 g/mol. The van der Waals surface area contributed by atoms with Crippen molar-refractivity contribution in [3.63, 3.8) is 0 Å². The minimum absolute atomic E-state index is 0.00176. The van der Waals surface area contributed by atoms with Gasteiger partial charge in [-0.2, -0.15) is 0 Å². The van der Waals surface area contributed by atoms with Crippen LogP contribution in [0.5, 0.6) is 5.75 Å². The van der Waals surface area contributed by atoms with Gasteiger partial charge in [-0.15, -0.1) is 0 Å². The maximum Gasteiger partial charge on any atom is 0.341 e. The van der Waals surface area contributed by atoms with Gasteiger partial charge in [-0.05, 0) is 0 Å². The molecule has 0 bridgehead atoms. The van der Waals surface area contributed by atoms with Crippen LogP contribution in [0.4, 0.5) is 0 Å². The Labute approximate surface area is 73.8 Å². The molecule has 0 aliphatic heterocycles. The Bertz CT molecular complexity index is 314. The van der Waals surface area contributed by atoms with Crippen LogP contribution < -0.4 is 4.74 Å². The molecule has 0 amide bonds. The van der Waals surface area contributed by atoms with Gasteiger partial charge in [-0.3, -0.25) is 0 Å². The lowest BCUT2D eigenvalue weighted by atomic mass is 10.2. The molecule has 0 spiro atoms. The second-order valence-electron chi connectivity index (χ2n) is 2.01. The van der Waals surface area contributed by atoms with Gasteiger partial charge in [0.05, 0.1) is 7.11 Å². The summed E-state index contributed by atoms with van der Waals surface area (Å²) in [5.74, 6) is -0.876. The minimum atomic E-state index is -1.09. The molecule has 12 heavy (non-hydrogen) atoms. The van der Waals surface area contributed by atoms with E-state index < -0.39 is 5.97 Å². The zero-order valence-electron chi connectivity index (χ0n) is 6.24. The minimum Gasteiger partial charge on any atom is -0.496 e. The highest BCUT2D eigenvalue weighted by atomic mass is 35.5. The van der Waals surface area contributed by atoms with Crippen molar-refractivity contribution < 1.29 is 14.6 Å². The fourth-order valence-electron chi connectivity index (χ4n) is 0.743. The van der Waals surface area contributed by atoms with E-state index in [-0.39, 0.29) is 16.5 Å². The summed E-state index contributed by atoms with van der Waals surface area (Å²) in [7, 11) is 1.37. The van der Waals surface area contributed by atoms with Crippen molar-refractivity contribution in [3.05, 3.63) is 23.0 Å². The highest BCUT2D eigenvalue weighted by Gasteiger charge is 2.11. The van der Waals surface area contributed by atoms with Gasteiger partial charge in [0.2, 0.25) is 0 Å². The molecule has 0 saturated carbocycles. The highest BCUT2D eigenvalue weighted by molar-refractivity contribution is 6.29. The Balaban J connectivity index is 3.20. The summed E-state index contributed by atoms with van der Waals surface area (Å²) in [6, 6.07) is 1.35. The Hall–Kier alpha value is -1.29. The number of carbonyl (C=O) groups is 1. The van der Waals surface area contributed by atoms with E-state index in [1.54, 1.807) is 0 Å². The summed E-state index contributed by atoms with van der Waals surface area (Å²) in [4.78, 5) is 14.1. The molecule has 0 atom stereocenters. The smallest absolute Gasteiger partial charge is 0.341 e. The predicted molar refractivity (Wildman–Crippen MR) is 42.8 cm³/mol. The number of ether oxygens (including phenoxy) is 1. The van der Waals surface area contributed by atoms with Crippen LogP contribution in [0.3, 0.4) is 0 Å². The van der Waals surface area contributed by atoms with Crippen LogP contribution in [-0.2, 0) is 0 Å². The number of pyridine rings is 1. The lowest BCUT2D eigenvalue weighted by molar-refractivity contribution is 0.0693. The van der Waals surface area contributed by atoms with E-state index >= 15 is 0 Å². The Morgan fingerprint density at radius 1 is 1.75 bits per heavy atom. The number of hydrogen-bond donors (Lipinski definition) is 1. The largest absolute Gasteiger partial charge is 0.496 e.